The highest BCUT2D eigenvalue weighted by Gasteiger charge is 2.15. The van der Waals surface area contributed by atoms with Crippen LogP contribution in [0.3, 0.4) is 0 Å². The monoisotopic (exact) mass is 260 g/mol. The predicted molar refractivity (Wildman–Crippen MR) is 70.6 cm³/mol. The molecule has 2 aromatic rings. The van der Waals surface area contributed by atoms with Gasteiger partial charge in [0.15, 0.2) is 5.69 Å². The van der Waals surface area contributed by atoms with Crippen LogP contribution in [0.1, 0.15) is 21.7 Å². The summed E-state index contributed by atoms with van der Waals surface area (Å²) in [5, 5.41) is 9.06. The van der Waals surface area contributed by atoms with E-state index in [0.29, 0.717) is 6.42 Å². The maximum atomic E-state index is 11.1. The van der Waals surface area contributed by atoms with E-state index in [1.54, 1.807) is 18.7 Å². The lowest BCUT2D eigenvalue weighted by Gasteiger charge is -2.06. The zero-order valence-corrected chi connectivity index (χ0v) is 11.0. The Hall–Kier alpha value is -2.30. The standard InChI is InChI=1S/C14H16N2O3/c1-16-9-15-13(14(17)18)12(16)7-6-10-4-3-5-11(8-10)19-2/h3-5,8-9H,6-7H2,1-2H3,(H,17,18). The van der Waals surface area contributed by atoms with Gasteiger partial charge in [-0.3, -0.25) is 0 Å². The van der Waals surface area contributed by atoms with Gasteiger partial charge in [0.1, 0.15) is 5.75 Å². The van der Waals surface area contributed by atoms with E-state index in [1.807, 2.05) is 24.3 Å². The Morgan fingerprint density at radius 3 is 2.89 bits per heavy atom. The molecule has 1 N–H and O–H groups in total. The maximum Gasteiger partial charge on any atom is 0.356 e. The number of carboxylic acid groups (broad SMARTS) is 1. The molecule has 0 bridgehead atoms. The molecule has 0 saturated heterocycles. The molecule has 0 saturated carbocycles. The third kappa shape index (κ3) is 2.93. The average Bonchev–Trinajstić information content (AvgIpc) is 2.78. The molecule has 0 unspecified atom stereocenters. The molecule has 0 atom stereocenters. The number of aryl methyl sites for hydroxylation is 2. The number of carbonyl (C=O) groups is 1. The maximum absolute atomic E-state index is 11.1. The molecule has 0 spiro atoms. The number of imidazole rings is 1. The number of hydrogen-bond acceptors (Lipinski definition) is 3. The van der Waals surface area contributed by atoms with Crippen LogP contribution in [0, 0.1) is 0 Å². The van der Waals surface area contributed by atoms with Gasteiger partial charge in [-0.15, -0.1) is 0 Å². The van der Waals surface area contributed by atoms with Gasteiger partial charge in [-0.2, -0.15) is 0 Å². The van der Waals surface area contributed by atoms with Crippen molar-refractivity contribution in [1.82, 2.24) is 9.55 Å². The van der Waals surface area contributed by atoms with Gasteiger partial charge in [0.05, 0.1) is 19.1 Å². The summed E-state index contributed by atoms with van der Waals surface area (Å²) in [6, 6.07) is 7.77. The van der Waals surface area contributed by atoms with Crippen LogP contribution in [0.4, 0.5) is 0 Å². The Morgan fingerprint density at radius 2 is 2.21 bits per heavy atom. The van der Waals surface area contributed by atoms with Crippen LogP contribution in [0.25, 0.3) is 0 Å². The summed E-state index contributed by atoms with van der Waals surface area (Å²) in [6.07, 6.45) is 2.91. The number of methoxy groups -OCH3 is 1. The predicted octanol–water partition coefficient (Wildman–Crippen LogP) is 1.91. The van der Waals surface area contributed by atoms with Gasteiger partial charge in [0.2, 0.25) is 0 Å². The van der Waals surface area contributed by atoms with Crippen LogP contribution in [0.15, 0.2) is 30.6 Å². The number of hydrogen-bond donors (Lipinski definition) is 1. The van der Waals surface area contributed by atoms with Crippen LogP contribution in [-0.2, 0) is 19.9 Å². The first-order chi connectivity index (χ1) is 9.11. The fourth-order valence-corrected chi connectivity index (χ4v) is 2.02. The summed E-state index contributed by atoms with van der Waals surface area (Å²) in [5.74, 6) is -0.179. The molecule has 1 aromatic heterocycles. The molecular formula is C14H16N2O3. The largest absolute Gasteiger partial charge is 0.497 e. The van der Waals surface area contributed by atoms with Gasteiger partial charge in [0.25, 0.3) is 0 Å². The fraction of sp³-hybridized carbons (Fsp3) is 0.286. The zero-order chi connectivity index (χ0) is 13.8. The number of aromatic carboxylic acids is 1. The lowest BCUT2D eigenvalue weighted by atomic mass is 10.1. The third-order valence-corrected chi connectivity index (χ3v) is 3.05. The van der Waals surface area contributed by atoms with Crippen LogP contribution in [0.2, 0.25) is 0 Å². The van der Waals surface area contributed by atoms with Gasteiger partial charge in [0, 0.05) is 7.05 Å². The minimum Gasteiger partial charge on any atom is -0.497 e. The fourth-order valence-electron chi connectivity index (χ4n) is 2.02. The smallest absolute Gasteiger partial charge is 0.356 e. The first-order valence-electron chi connectivity index (χ1n) is 5.98. The Balaban J connectivity index is 2.14. The summed E-state index contributed by atoms with van der Waals surface area (Å²) >= 11 is 0. The zero-order valence-electron chi connectivity index (χ0n) is 11.0. The highest BCUT2D eigenvalue weighted by molar-refractivity contribution is 5.86. The summed E-state index contributed by atoms with van der Waals surface area (Å²) in [5.41, 5.74) is 1.97. The van der Waals surface area contributed by atoms with Crippen molar-refractivity contribution in [2.75, 3.05) is 7.11 Å². The Labute approximate surface area is 111 Å². The third-order valence-electron chi connectivity index (χ3n) is 3.05. The van der Waals surface area contributed by atoms with E-state index < -0.39 is 5.97 Å². The minimum atomic E-state index is -0.985. The first kappa shape index (κ1) is 13.1. The van der Waals surface area contributed by atoms with Crippen LogP contribution < -0.4 is 4.74 Å². The van der Waals surface area contributed by atoms with Crippen LogP contribution >= 0.6 is 0 Å². The summed E-state index contributed by atoms with van der Waals surface area (Å²) in [6.45, 7) is 0. The van der Waals surface area contributed by atoms with Gasteiger partial charge in [-0.05, 0) is 30.5 Å². The first-order valence-corrected chi connectivity index (χ1v) is 5.98. The van der Waals surface area contributed by atoms with Gasteiger partial charge in [-0.1, -0.05) is 12.1 Å². The molecule has 5 heteroatoms. The van der Waals surface area contributed by atoms with Crippen molar-refractivity contribution >= 4 is 5.97 Å². The molecule has 1 aromatic carbocycles. The number of aromatic nitrogens is 2. The summed E-state index contributed by atoms with van der Waals surface area (Å²) in [4.78, 5) is 15.0. The summed E-state index contributed by atoms with van der Waals surface area (Å²) in [7, 11) is 3.43. The second-order valence-corrected chi connectivity index (χ2v) is 4.31. The van der Waals surface area contributed by atoms with E-state index in [2.05, 4.69) is 4.98 Å². The second-order valence-electron chi connectivity index (χ2n) is 4.31. The van der Waals surface area contributed by atoms with Gasteiger partial charge >= 0.3 is 5.97 Å². The van der Waals surface area contributed by atoms with E-state index in [9.17, 15) is 4.79 Å². The Kier molecular flexibility index (Phi) is 3.85. The molecule has 2 rings (SSSR count). The van der Waals surface area contributed by atoms with E-state index >= 15 is 0 Å². The van der Waals surface area contributed by atoms with Crippen molar-refractivity contribution in [3.63, 3.8) is 0 Å². The van der Waals surface area contributed by atoms with Crippen LogP contribution in [-0.4, -0.2) is 27.7 Å². The second kappa shape index (κ2) is 5.56. The highest BCUT2D eigenvalue weighted by Crippen LogP contribution is 2.16. The van der Waals surface area contributed by atoms with Gasteiger partial charge in [-0.25, -0.2) is 9.78 Å². The van der Waals surface area contributed by atoms with E-state index in [-0.39, 0.29) is 5.69 Å². The molecule has 0 aliphatic heterocycles. The summed E-state index contributed by atoms with van der Waals surface area (Å²) < 4.78 is 6.92. The highest BCUT2D eigenvalue weighted by atomic mass is 16.5. The topological polar surface area (TPSA) is 64.3 Å². The molecule has 1 heterocycles. The van der Waals surface area contributed by atoms with E-state index in [1.165, 1.54) is 6.33 Å². The number of ether oxygens (including phenoxy) is 1. The molecule has 5 nitrogen and oxygen atoms in total. The molecule has 0 aliphatic carbocycles. The molecule has 100 valence electrons. The normalized spacial score (nSPS) is 10.4. The van der Waals surface area contributed by atoms with Gasteiger partial charge < -0.3 is 14.4 Å². The number of nitrogens with zero attached hydrogens (tertiary/aromatic N) is 2. The Morgan fingerprint density at radius 1 is 1.42 bits per heavy atom. The molecular weight excluding hydrogens is 244 g/mol. The quantitative estimate of drug-likeness (QED) is 0.892. The molecule has 0 fully saturated rings. The van der Waals surface area contributed by atoms with Crippen molar-refractivity contribution in [3.05, 3.63) is 47.5 Å². The average molecular weight is 260 g/mol. The van der Waals surface area contributed by atoms with Crippen molar-refractivity contribution < 1.29 is 14.6 Å². The molecule has 0 aliphatic rings. The van der Waals surface area contributed by atoms with E-state index in [4.69, 9.17) is 9.84 Å². The number of carboxylic acids is 1. The van der Waals surface area contributed by atoms with Crippen molar-refractivity contribution in [2.45, 2.75) is 12.8 Å². The van der Waals surface area contributed by atoms with E-state index in [0.717, 1.165) is 23.4 Å². The number of rotatable bonds is 5. The van der Waals surface area contributed by atoms with Crippen LogP contribution in [0.5, 0.6) is 5.75 Å². The number of benzene rings is 1. The Bertz CT molecular complexity index is 590. The van der Waals surface area contributed by atoms with Crippen molar-refractivity contribution in [1.29, 1.82) is 0 Å². The van der Waals surface area contributed by atoms with Crippen molar-refractivity contribution in [3.8, 4) is 5.75 Å². The lowest BCUT2D eigenvalue weighted by Crippen LogP contribution is -2.06. The minimum absolute atomic E-state index is 0.130. The SMILES string of the molecule is COc1cccc(CCc2c(C(=O)O)ncn2C)c1. The molecule has 0 amide bonds. The molecule has 19 heavy (non-hydrogen) atoms. The lowest BCUT2D eigenvalue weighted by molar-refractivity contribution is 0.0689. The molecule has 0 radical (unpaired) electrons. The van der Waals surface area contributed by atoms with Crippen molar-refractivity contribution in [2.24, 2.45) is 7.05 Å².